The van der Waals surface area contributed by atoms with Crippen molar-refractivity contribution in [3.63, 3.8) is 0 Å². The van der Waals surface area contributed by atoms with Crippen LogP contribution in [-0.2, 0) is 0 Å². The molecule has 0 unspecified atom stereocenters. The molecule has 3 nitrogen and oxygen atoms in total. The molecule has 25 heavy (non-hydrogen) atoms. The summed E-state index contributed by atoms with van der Waals surface area (Å²) in [5.74, 6) is 0.00456. The molecule has 3 aromatic carbocycles. The van der Waals surface area contributed by atoms with Gasteiger partial charge in [-0.25, -0.2) is 0 Å². The number of rotatable bonds is 2. The first-order valence-corrected chi connectivity index (χ1v) is 8.94. The summed E-state index contributed by atoms with van der Waals surface area (Å²) in [4.78, 5) is 15.1. The molecular formula is C21H17BrN2O. The van der Waals surface area contributed by atoms with Gasteiger partial charge >= 0.3 is 0 Å². The molecule has 1 heterocycles. The first-order valence-electron chi connectivity index (χ1n) is 8.15. The molecule has 1 aliphatic heterocycles. The summed E-state index contributed by atoms with van der Waals surface area (Å²) in [6.45, 7) is 2.03. The van der Waals surface area contributed by atoms with E-state index in [-0.39, 0.29) is 12.1 Å². The fourth-order valence-electron chi connectivity index (χ4n) is 3.17. The second kappa shape index (κ2) is 6.37. The van der Waals surface area contributed by atoms with Gasteiger partial charge in [-0.15, -0.1) is 0 Å². The summed E-state index contributed by atoms with van der Waals surface area (Å²) in [6.07, 6.45) is -0.246. The van der Waals surface area contributed by atoms with Crippen LogP contribution in [0.4, 0.5) is 11.4 Å². The van der Waals surface area contributed by atoms with E-state index in [9.17, 15) is 4.79 Å². The van der Waals surface area contributed by atoms with Crippen LogP contribution in [-0.4, -0.2) is 5.91 Å². The van der Waals surface area contributed by atoms with Crippen LogP contribution in [0.25, 0.3) is 0 Å². The summed E-state index contributed by atoms with van der Waals surface area (Å²) in [6, 6.07) is 23.7. The molecular weight excluding hydrogens is 376 g/mol. The van der Waals surface area contributed by atoms with Gasteiger partial charge in [-0.05, 0) is 48.4 Å². The van der Waals surface area contributed by atoms with E-state index >= 15 is 0 Å². The lowest BCUT2D eigenvalue weighted by Crippen LogP contribution is -2.43. The molecule has 0 spiro atoms. The number of halogens is 1. The highest BCUT2D eigenvalue weighted by Crippen LogP contribution is 2.37. The number of carbonyl (C=O) groups is 1. The van der Waals surface area contributed by atoms with Crippen LogP contribution in [0.3, 0.4) is 0 Å². The van der Waals surface area contributed by atoms with Crippen LogP contribution >= 0.6 is 15.9 Å². The number of carbonyl (C=O) groups excluding carboxylic acids is 1. The number of nitrogens with zero attached hydrogens (tertiary/aromatic N) is 1. The first kappa shape index (κ1) is 15.9. The van der Waals surface area contributed by atoms with Crippen molar-refractivity contribution >= 4 is 33.2 Å². The molecule has 3 aromatic rings. The highest BCUT2D eigenvalue weighted by Gasteiger charge is 2.33. The SMILES string of the molecule is Cc1cc(N2C(=O)c3ccccc3N[C@@H]2c2ccccc2)ccc1Br. The lowest BCUT2D eigenvalue weighted by molar-refractivity contribution is 0.0975. The second-order valence-corrected chi connectivity index (χ2v) is 6.97. The standard InChI is InChI=1S/C21H17BrN2O/c1-14-13-16(11-12-18(14)22)24-20(15-7-3-2-4-8-15)23-19-10-6-5-9-17(19)21(24)25/h2-13,20,23H,1H3/t20-/m0/s1. The minimum atomic E-state index is -0.246. The number of aryl methyl sites for hydroxylation is 1. The predicted molar refractivity (Wildman–Crippen MR) is 105 cm³/mol. The molecule has 124 valence electrons. The van der Waals surface area contributed by atoms with Crippen molar-refractivity contribution < 1.29 is 4.79 Å². The third-order valence-electron chi connectivity index (χ3n) is 4.46. The van der Waals surface area contributed by atoms with Crippen molar-refractivity contribution in [3.05, 3.63) is 94.0 Å². The summed E-state index contributed by atoms with van der Waals surface area (Å²) < 4.78 is 1.03. The highest BCUT2D eigenvalue weighted by atomic mass is 79.9. The van der Waals surface area contributed by atoms with Crippen LogP contribution in [0.15, 0.2) is 77.3 Å². The number of para-hydroxylation sites is 1. The number of hydrogen-bond acceptors (Lipinski definition) is 2. The van der Waals surface area contributed by atoms with Crippen LogP contribution < -0.4 is 10.2 Å². The van der Waals surface area contributed by atoms with Gasteiger partial charge in [0.2, 0.25) is 0 Å². The zero-order valence-corrected chi connectivity index (χ0v) is 15.3. The molecule has 0 bridgehead atoms. The van der Waals surface area contributed by atoms with Crippen molar-refractivity contribution in [2.45, 2.75) is 13.1 Å². The minimum Gasteiger partial charge on any atom is -0.360 e. The first-order chi connectivity index (χ1) is 12.1. The molecule has 4 rings (SSSR count). The molecule has 0 radical (unpaired) electrons. The monoisotopic (exact) mass is 392 g/mol. The van der Waals surface area contributed by atoms with Gasteiger partial charge in [0.25, 0.3) is 5.91 Å². The molecule has 0 fully saturated rings. The van der Waals surface area contributed by atoms with Gasteiger partial charge in [-0.1, -0.05) is 58.4 Å². The van der Waals surface area contributed by atoms with Crippen molar-refractivity contribution in [2.24, 2.45) is 0 Å². The Labute approximate surface area is 155 Å². The Balaban J connectivity index is 1.88. The maximum atomic E-state index is 13.3. The average Bonchev–Trinajstić information content (AvgIpc) is 2.65. The highest BCUT2D eigenvalue weighted by molar-refractivity contribution is 9.10. The number of nitrogens with one attached hydrogen (secondary N) is 1. The molecule has 0 aliphatic carbocycles. The lowest BCUT2D eigenvalue weighted by atomic mass is 10.0. The van der Waals surface area contributed by atoms with E-state index < -0.39 is 0 Å². The summed E-state index contributed by atoms with van der Waals surface area (Å²) in [5, 5.41) is 3.52. The molecule has 0 aromatic heterocycles. The van der Waals surface area contributed by atoms with Crippen molar-refractivity contribution in [3.8, 4) is 0 Å². The Hall–Kier alpha value is -2.59. The summed E-state index contributed by atoms with van der Waals surface area (Å²) in [7, 11) is 0. The number of benzene rings is 3. The maximum Gasteiger partial charge on any atom is 0.262 e. The maximum absolute atomic E-state index is 13.3. The number of amides is 1. The fraction of sp³-hybridized carbons (Fsp3) is 0.0952. The molecule has 1 aliphatic rings. The van der Waals surface area contributed by atoms with Gasteiger partial charge in [0, 0.05) is 15.8 Å². The Morgan fingerprint density at radius 2 is 1.68 bits per heavy atom. The Kier molecular flexibility index (Phi) is 4.06. The van der Waals surface area contributed by atoms with Gasteiger partial charge in [0.15, 0.2) is 0 Å². The smallest absolute Gasteiger partial charge is 0.262 e. The molecule has 4 heteroatoms. The Morgan fingerprint density at radius 3 is 2.44 bits per heavy atom. The van der Waals surface area contributed by atoms with E-state index in [0.29, 0.717) is 5.56 Å². The number of hydrogen-bond donors (Lipinski definition) is 1. The van der Waals surface area contributed by atoms with E-state index in [0.717, 1.165) is 27.0 Å². The van der Waals surface area contributed by atoms with Gasteiger partial charge in [-0.3, -0.25) is 9.69 Å². The van der Waals surface area contributed by atoms with E-state index in [1.165, 1.54) is 0 Å². The van der Waals surface area contributed by atoms with Gasteiger partial charge in [0.1, 0.15) is 6.17 Å². The molecule has 1 atom stereocenters. The average molecular weight is 393 g/mol. The summed E-state index contributed by atoms with van der Waals surface area (Å²) >= 11 is 3.54. The third-order valence-corrected chi connectivity index (χ3v) is 5.35. The predicted octanol–water partition coefficient (Wildman–Crippen LogP) is 5.53. The zero-order valence-electron chi connectivity index (χ0n) is 13.7. The van der Waals surface area contributed by atoms with Crippen molar-refractivity contribution in [1.29, 1.82) is 0 Å². The normalized spacial score (nSPS) is 16.3. The quantitative estimate of drug-likeness (QED) is 0.621. The number of anilines is 2. The van der Waals surface area contributed by atoms with Gasteiger partial charge < -0.3 is 5.32 Å². The van der Waals surface area contributed by atoms with Gasteiger partial charge in [0.05, 0.1) is 5.56 Å². The van der Waals surface area contributed by atoms with E-state index in [1.54, 1.807) is 0 Å². The Bertz CT molecular complexity index is 940. The number of fused-ring (bicyclic) bond motifs is 1. The van der Waals surface area contributed by atoms with Crippen LogP contribution in [0, 0.1) is 6.92 Å². The van der Waals surface area contributed by atoms with Gasteiger partial charge in [-0.2, -0.15) is 0 Å². The second-order valence-electron chi connectivity index (χ2n) is 6.11. The lowest BCUT2D eigenvalue weighted by Gasteiger charge is -2.38. The van der Waals surface area contributed by atoms with Crippen LogP contribution in [0.5, 0.6) is 0 Å². The topological polar surface area (TPSA) is 32.3 Å². The summed E-state index contributed by atoms with van der Waals surface area (Å²) in [5.41, 5.74) is 4.57. The van der Waals surface area contributed by atoms with E-state index in [2.05, 4.69) is 21.2 Å². The molecule has 1 N–H and O–H groups in total. The van der Waals surface area contributed by atoms with E-state index in [1.807, 2.05) is 84.6 Å². The molecule has 1 amide bonds. The largest absolute Gasteiger partial charge is 0.360 e. The molecule has 0 saturated heterocycles. The van der Waals surface area contributed by atoms with Crippen molar-refractivity contribution in [2.75, 3.05) is 10.2 Å². The third kappa shape index (κ3) is 2.83. The fourth-order valence-corrected chi connectivity index (χ4v) is 3.41. The zero-order chi connectivity index (χ0) is 17.4. The van der Waals surface area contributed by atoms with Crippen molar-refractivity contribution in [1.82, 2.24) is 0 Å². The Morgan fingerprint density at radius 1 is 0.960 bits per heavy atom. The molecule has 0 saturated carbocycles. The van der Waals surface area contributed by atoms with E-state index in [4.69, 9.17) is 0 Å². The van der Waals surface area contributed by atoms with Crippen LogP contribution in [0.2, 0.25) is 0 Å². The van der Waals surface area contributed by atoms with Crippen LogP contribution in [0.1, 0.15) is 27.7 Å². The minimum absolute atomic E-state index is 0.00456.